The normalized spacial score (nSPS) is 16.1. The number of fused-ring (bicyclic) bond motifs is 1. The van der Waals surface area contributed by atoms with E-state index in [1.807, 2.05) is 79.7 Å². The van der Waals surface area contributed by atoms with Crippen LogP contribution in [-0.2, 0) is 4.79 Å². The lowest BCUT2D eigenvalue weighted by molar-refractivity contribution is -0.114. The van der Waals surface area contributed by atoms with Crippen molar-refractivity contribution in [2.45, 2.75) is 6.92 Å². The predicted octanol–water partition coefficient (Wildman–Crippen LogP) is 5.88. The van der Waals surface area contributed by atoms with Crippen LogP contribution in [0.4, 0.5) is 0 Å². The van der Waals surface area contributed by atoms with E-state index in [0.717, 1.165) is 26.9 Å². The molecule has 0 spiro atoms. The highest BCUT2D eigenvalue weighted by Crippen LogP contribution is 2.31. The van der Waals surface area contributed by atoms with Crippen molar-refractivity contribution < 1.29 is 14.3 Å². The van der Waals surface area contributed by atoms with E-state index in [-0.39, 0.29) is 11.4 Å². The highest BCUT2D eigenvalue weighted by Gasteiger charge is 2.36. The summed E-state index contributed by atoms with van der Waals surface area (Å²) in [7, 11) is 0. The molecule has 2 aliphatic heterocycles. The molecule has 7 nitrogen and oxygen atoms in total. The van der Waals surface area contributed by atoms with Gasteiger partial charge in [-0.05, 0) is 66.7 Å². The highest BCUT2D eigenvalue weighted by atomic mass is 79.9. The summed E-state index contributed by atoms with van der Waals surface area (Å²) in [6.07, 6.45) is 1.64. The van der Waals surface area contributed by atoms with Gasteiger partial charge in [0.2, 0.25) is 5.17 Å². The topological polar surface area (TPSA) is 87.3 Å². The summed E-state index contributed by atoms with van der Waals surface area (Å²) < 4.78 is 12.5. The number of benzene rings is 3. The van der Waals surface area contributed by atoms with E-state index in [2.05, 4.69) is 26.0 Å². The number of rotatable bonds is 7. The number of aliphatic imine (C=N–C) groups is 1. The molecule has 1 N–H and O–H groups in total. The van der Waals surface area contributed by atoms with Gasteiger partial charge in [0.05, 0.1) is 5.57 Å². The molecule has 0 aliphatic carbocycles. The molecule has 3 aromatic rings. The first kappa shape index (κ1) is 24.0. The van der Waals surface area contributed by atoms with Gasteiger partial charge in [0.1, 0.15) is 29.8 Å². The molecule has 0 bridgehead atoms. The van der Waals surface area contributed by atoms with Crippen molar-refractivity contribution in [1.82, 2.24) is 5.01 Å². The molecule has 5 rings (SSSR count). The molecular formula is C27H21BrN4O3S. The van der Waals surface area contributed by atoms with Crippen LogP contribution in [0.15, 0.2) is 92.9 Å². The Morgan fingerprint density at radius 2 is 1.72 bits per heavy atom. The number of amidine groups is 2. The average molecular weight is 561 g/mol. The Morgan fingerprint density at radius 1 is 1.00 bits per heavy atom. The van der Waals surface area contributed by atoms with Crippen LogP contribution in [0.3, 0.4) is 0 Å². The summed E-state index contributed by atoms with van der Waals surface area (Å²) in [5.74, 6) is 0.934. The van der Waals surface area contributed by atoms with Crippen molar-refractivity contribution in [2.75, 3.05) is 13.2 Å². The monoisotopic (exact) mass is 560 g/mol. The molecule has 0 fully saturated rings. The molecule has 180 valence electrons. The smallest absolute Gasteiger partial charge is 0.283 e. The van der Waals surface area contributed by atoms with Gasteiger partial charge in [0, 0.05) is 10.0 Å². The summed E-state index contributed by atoms with van der Waals surface area (Å²) in [4.78, 5) is 16.9. The van der Waals surface area contributed by atoms with E-state index in [1.54, 1.807) is 6.08 Å². The lowest BCUT2D eigenvalue weighted by Crippen LogP contribution is -2.35. The largest absolute Gasteiger partial charge is 0.490 e. The van der Waals surface area contributed by atoms with Gasteiger partial charge in [-0.25, -0.2) is 0 Å². The zero-order valence-electron chi connectivity index (χ0n) is 19.3. The maximum absolute atomic E-state index is 12.8. The van der Waals surface area contributed by atoms with Crippen LogP contribution in [0, 0.1) is 12.3 Å². The minimum Gasteiger partial charge on any atom is -0.490 e. The second-order valence-corrected chi connectivity index (χ2v) is 9.89. The third-order valence-electron chi connectivity index (χ3n) is 5.36. The van der Waals surface area contributed by atoms with Gasteiger partial charge in [-0.15, -0.1) is 0 Å². The van der Waals surface area contributed by atoms with E-state index < -0.39 is 5.91 Å². The average Bonchev–Trinajstić information content (AvgIpc) is 3.30. The maximum Gasteiger partial charge on any atom is 0.283 e. The Bertz CT molecular complexity index is 1420. The van der Waals surface area contributed by atoms with Crippen LogP contribution < -0.4 is 9.47 Å². The number of nitrogens with one attached hydrogen (secondary N) is 1. The Balaban J connectivity index is 1.26. The fourth-order valence-electron chi connectivity index (χ4n) is 3.52. The van der Waals surface area contributed by atoms with E-state index in [1.165, 1.54) is 16.8 Å². The van der Waals surface area contributed by atoms with Crippen molar-refractivity contribution in [3.8, 4) is 11.5 Å². The van der Waals surface area contributed by atoms with Gasteiger partial charge < -0.3 is 9.47 Å². The number of thioether (sulfide) groups is 1. The molecular weight excluding hydrogens is 540 g/mol. The number of nitrogens with zero attached hydrogens (tertiary/aromatic N) is 3. The molecule has 0 unspecified atom stereocenters. The summed E-state index contributed by atoms with van der Waals surface area (Å²) in [5, 5.41) is 15.6. The van der Waals surface area contributed by atoms with Crippen LogP contribution in [0.25, 0.3) is 6.08 Å². The summed E-state index contributed by atoms with van der Waals surface area (Å²) in [6, 6.07) is 22.9. The van der Waals surface area contributed by atoms with Gasteiger partial charge in [-0.1, -0.05) is 57.9 Å². The first-order valence-electron chi connectivity index (χ1n) is 11.1. The minimum absolute atomic E-state index is 0.00571. The van der Waals surface area contributed by atoms with Gasteiger partial charge in [0.15, 0.2) is 5.84 Å². The lowest BCUT2D eigenvalue weighted by atomic mass is 10.1. The molecule has 2 aliphatic rings. The van der Waals surface area contributed by atoms with Gasteiger partial charge in [0.25, 0.3) is 5.91 Å². The molecule has 0 radical (unpaired) electrons. The van der Waals surface area contributed by atoms with Crippen molar-refractivity contribution in [2.24, 2.45) is 10.1 Å². The summed E-state index contributed by atoms with van der Waals surface area (Å²) in [6.45, 7) is 2.77. The van der Waals surface area contributed by atoms with Crippen LogP contribution in [0.5, 0.6) is 11.5 Å². The number of ether oxygens (including phenoxy) is 2. The Kier molecular flexibility index (Phi) is 7.02. The third kappa shape index (κ3) is 5.42. The lowest BCUT2D eigenvalue weighted by Gasteiger charge is -2.20. The second-order valence-electron chi connectivity index (χ2n) is 8.01. The minimum atomic E-state index is -0.465. The van der Waals surface area contributed by atoms with Gasteiger partial charge in [-0.3, -0.25) is 10.2 Å². The SMILES string of the molecule is Cc1ccc(C2=NN3C(=N)C(=Cc4cccc(OCCOc5ccc(Br)cc5)c4)C(=O)N=C3S2)cc1. The standard InChI is InChI=1S/C27H21BrN4O3S/c1-17-5-7-19(8-6-17)26-31-32-24(29)23(25(33)30-27(32)36-26)16-18-3-2-4-22(15-18)35-14-13-34-21-11-9-20(28)10-12-21/h2-12,15-16,29H,13-14H2,1H3. The first-order valence-corrected chi connectivity index (χ1v) is 12.8. The zero-order valence-corrected chi connectivity index (χ0v) is 21.7. The Labute approximate surface area is 221 Å². The maximum atomic E-state index is 12.8. The molecule has 0 saturated carbocycles. The number of carbonyl (C=O) groups is 1. The Morgan fingerprint density at radius 3 is 2.47 bits per heavy atom. The summed E-state index contributed by atoms with van der Waals surface area (Å²) in [5.41, 5.74) is 2.96. The van der Waals surface area contributed by atoms with E-state index in [0.29, 0.717) is 29.2 Å². The zero-order chi connectivity index (χ0) is 25.1. The number of amides is 1. The van der Waals surface area contributed by atoms with Gasteiger partial charge in [-0.2, -0.15) is 15.1 Å². The highest BCUT2D eigenvalue weighted by molar-refractivity contribution is 9.10. The molecule has 9 heteroatoms. The number of carbonyl (C=O) groups excluding carboxylic acids is 1. The quantitative estimate of drug-likeness (QED) is 0.288. The second kappa shape index (κ2) is 10.5. The molecule has 36 heavy (non-hydrogen) atoms. The third-order valence-corrected chi connectivity index (χ3v) is 6.84. The van der Waals surface area contributed by atoms with Crippen LogP contribution in [0.2, 0.25) is 0 Å². The van der Waals surface area contributed by atoms with Crippen molar-refractivity contribution in [1.29, 1.82) is 5.41 Å². The molecule has 0 saturated heterocycles. The molecule has 0 atom stereocenters. The van der Waals surface area contributed by atoms with E-state index in [9.17, 15) is 4.79 Å². The summed E-state index contributed by atoms with van der Waals surface area (Å²) >= 11 is 4.68. The Hall–Kier alpha value is -3.69. The van der Waals surface area contributed by atoms with Crippen molar-refractivity contribution >= 4 is 55.7 Å². The van der Waals surface area contributed by atoms with Crippen LogP contribution in [0.1, 0.15) is 16.7 Å². The predicted molar refractivity (Wildman–Crippen MR) is 147 cm³/mol. The number of hydrogen-bond acceptors (Lipinski definition) is 6. The van der Waals surface area contributed by atoms with E-state index >= 15 is 0 Å². The molecule has 1 amide bonds. The number of aryl methyl sites for hydroxylation is 1. The number of hydrazone groups is 1. The van der Waals surface area contributed by atoms with Crippen LogP contribution in [-0.4, -0.2) is 40.2 Å². The molecule has 2 heterocycles. The number of halogens is 1. The van der Waals surface area contributed by atoms with Crippen molar-refractivity contribution in [3.05, 3.63) is 99.5 Å². The number of hydrogen-bond donors (Lipinski definition) is 1. The van der Waals surface area contributed by atoms with Crippen molar-refractivity contribution in [3.63, 3.8) is 0 Å². The van der Waals surface area contributed by atoms with E-state index in [4.69, 9.17) is 14.9 Å². The van der Waals surface area contributed by atoms with Crippen LogP contribution >= 0.6 is 27.7 Å². The fourth-order valence-corrected chi connectivity index (χ4v) is 4.68. The first-order chi connectivity index (χ1) is 17.5. The van der Waals surface area contributed by atoms with Gasteiger partial charge >= 0.3 is 0 Å². The molecule has 3 aromatic carbocycles. The molecule has 0 aromatic heterocycles. The fraction of sp³-hybridized carbons (Fsp3) is 0.111.